The molecule has 1 aromatic heterocycles. The van der Waals surface area contributed by atoms with Crippen molar-refractivity contribution in [3.8, 4) is 0 Å². The van der Waals surface area contributed by atoms with Crippen LogP contribution in [0.2, 0.25) is 0 Å². The Balaban J connectivity index is 1.88. The fourth-order valence-corrected chi connectivity index (χ4v) is 2.23. The van der Waals surface area contributed by atoms with Crippen LogP contribution in [-0.2, 0) is 13.5 Å². The lowest BCUT2D eigenvalue weighted by atomic mass is 9.97. The van der Waals surface area contributed by atoms with Gasteiger partial charge < -0.3 is 5.32 Å². The first-order chi connectivity index (χ1) is 9.70. The number of benzene rings is 1. The van der Waals surface area contributed by atoms with Gasteiger partial charge in [-0.15, -0.1) is 0 Å². The Morgan fingerprint density at radius 1 is 1.30 bits per heavy atom. The number of hydrogen-bond acceptors (Lipinski definition) is 2. The number of nitrogens with zero attached hydrogens (tertiary/aromatic N) is 2. The van der Waals surface area contributed by atoms with Gasteiger partial charge in [0.05, 0.1) is 0 Å². The van der Waals surface area contributed by atoms with E-state index in [-0.39, 0.29) is 5.91 Å². The third-order valence-corrected chi connectivity index (χ3v) is 3.55. The smallest absolute Gasteiger partial charge is 0.269 e. The second kappa shape index (κ2) is 6.89. The third kappa shape index (κ3) is 3.70. The lowest BCUT2D eigenvalue weighted by Gasteiger charge is -2.15. The zero-order valence-electron chi connectivity index (χ0n) is 12.0. The minimum Gasteiger partial charge on any atom is -0.350 e. The van der Waals surface area contributed by atoms with Crippen LogP contribution in [0.15, 0.2) is 42.6 Å². The molecule has 4 nitrogen and oxygen atoms in total. The van der Waals surface area contributed by atoms with Gasteiger partial charge in [-0.3, -0.25) is 9.48 Å². The standard InChI is InChI=1S/C16H21N3O/c1-3-13(11-14-7-5-4-6-8-14)12-17-16(20)15-9-10-18-19(15)2/h4-10,13H,3,11-12H2,1-2H3,(H,17,20). The van der Waals surface area contributed by atoms with E-state index in [4.69, 9.17) is 0 Å². The molecule has 0 bridgehead atoms. The summed E-state index contributed by atoms with van der Waals surface area (Å²) in [5, 5.41) is 7.01. The van der Waals surface area contributed by atoms with E-state index < -0.39 is 0 Å². The van der Waals surface area contributed by atoms with Gasteiger partial charge in [0, 0.05) is 19.8 Å². The molecule has 0 aliphatic rings. The van der Waals surface area contributed by atoms with Gasteiger partial charge in [-0.25, -0.2) is 0 Å². The second-order valence-corrected chi connectivity index (χ2v) is 5.01. The quantitative estimate of drug-likeness (QED) is 0.877. The highest BCUT2D eigenvalue weighted by atomic mass is 16.2. The summed E-state index contributed by atoms with van der Waals surface area (Å²) in [6.07, 6.45) is 3.67. The van der Waals surface area contributed by atoms with Gasteiger partial charge in [0.1, 0.15) is 5.69 Å². The molecule has 1 N–H and O–H groups in total. The van der Waals surface area contributed by atoms with Crippen molar-refractivity contribution in [1.82, 2.24) is 15.1 Å². The van der Waals surface area contributed by atoms with Gasteiger partial charge in [0.25, 0.3) is 5.91 Å². The predicted molar refractivity (Wildman–Crippen MR) is 79.5 cm³/mol. The molecule has 0 saturated carbocycles. The Bertz CT molecular complexity index is 548. The first-order valence-electron chi connectivity index (χ1n) is 7.00. The fraction of sp³-hybridized carbons (Fsp3) is 0.375. The van der Waals surface area contributed by atoms with Crippen molar-refractivity contribution in [3.05, 3.63) is 53.9 Å². The number of carbonyl (C=O) groups excluding carboxylic acids is 1. The maximum Gasteiger partial charge on any atom is 0.269 e. The van der Waals surface area contributed by atoms with Crippen molar-refractivity contribution in [2.24, 2.45) is 13.0 Å². The number of aromatic nitrogens is 2. The zero-order chi connectivity index (χ0) is 14.4. The van der Waals surface area contributed by atoms with Gasteiger partial charge >= 0.3 is 0 Å². The number of nitrogens with one attached hydrogen (secondary N) is 1. The number of hydrogen-bond donors (Lipinski definition) is 1. The predicted octanol–water partition coefficient (Wildman–Crippen LogP) is 2.42. The summed E-state index contributed by atoms with van der Waals surface area (Å²) in [5.74, 6) is 0.395. The molecular formula is C16H21N3O. The monoisotopic (exact) mass is 271 g/mol. The minimum absolute atomic E-state index is 0.0588. The van der Waals surface area contributed by atoms with E-state index in [1.165, 1.54) is 5.56 Å². The molecule has 106 valence electrons. The number of aryl methyl sites for hydroxylation is 1. The summed E-state index contributed by atoms with van der Waals surface area (Å²) in [6.45, 7) is 2.85. The second-order valence-electron chi connectivity index (χ2n) is 5.01. The van der Waals surface area contributed by atoms with Crippen LogP contribution < -0.4 is 5.32 Å². The summed E-state index contributed by atoms with van der Waals surface area (Å²) in [5.41, 5.74) is 1.91. The molecule has 0 aliphatic heterocycles. The highest BCUT2D eigenvalue weighted by Gasteiger charge is 2.13. The number of rotatable bonds is 6. The lowest BCUT2D eigenvalue weighted by molar-refractivity contribution is 0.0937. The Labute approximate surface area is 119 Å². The molecule has 0 saturated heterocycles. The number of amides is 1. The SMILES string of the molecule is CCC(CNC(=O)c1ccnn1C)Cc1ccccc1. The van der Waals surface area contributed by atoms with E-state index in [1.807, 2.05) is 6.07 Å². The molecule has 1 aromatic carbocycles. The normalized spacial score (nSPS) is 12.1. The lowest BCUT2D eigenvalue weighted by Crippen LogP contribution is -2.31. The summed E-state index contributed by atoms with van der Waals surface area (Å²) in [4.78, 5) is 12.0. The molecule has 0 spiro atoms. The van der Waals surface area contributed by atoms with E-state index in [0.29, 0.717) is 18.2 Å². The molecule has 20 heavy (non-hydrogen) atoms. The van der Waals surface area contributed by atoms with Gasteiger partial charge in [0.15, 0.2) is 0 Å². The first-order valence-corrected chi connectivity index (χ1v) is 7.00. The minimum atomic E-state index is -0.0588. The van der Waals surface area contributed by atoms with E-state index >= 15 is 0 Å². The first kappa shape index (κ1) is 14.3. The summed E-state index contributed by atoms with van der Waals surface area (Å²) >= 11 is 0. The summed E-state index contributed by atoms with van der Waals surface area (Å²) in [6, 6.07) is 12.1. The van der Waals surface area contributed by atoms with Crippen LogP contribution in [0.1, 0.15) is 29.4 Å². The van der Waals surface area contributed by atoms with E-state index in [9.17, 15) is 4.79 Å². The Morgan fingerprint density at radius 2 is 2.05 bits per heavy atom. The van der Waals surface area contributed by atoms with Crippen molar-refractivity contribution >= 4 is 5.91 Å². The van der Waals surface area contributed by atoms with Crippen LogP contribution in [0.5, 0.6) is 0 Å². The number of carbonyl (C=O) groups is 1. The van der Waals surface area contributed by atoms with E-state index in [0.717, 1.165) is 12.8 Å². The average molecular weight is 271 g/mol. The average Bonchev–Trinajstić information content (AvgIpc) is 2.90. The maximum absolute atomic E-state index is 12.0. The largest absolute Gasteiger partial charge is 0.350 e. The molecular weight excluding hydrogens is 250 g/mol. The van der Waals surface area contributed by atoms with Crippen LogP contribution in [0.25, 0.3) is 0 Å². The molecule has 0 fully saturated rings. The fourth-order valence-electron chi connectivity index (χ4n) is 2.23. The topological polar surface area (TPSA) is 46.9 Å². The Morgan fingerprint density at radius 3 is 2.65 bits per heavy atom. The molecule has 1 unspecified atom stereocenters. The van der Waals surface area contributed by atoms with Crippen LogP contribution in [0.3, 0.4) is 0 Å². The van der Waals surface area contributed by atoms with E-state index in [1.54, 1.807) is 24.0 Å². The van der Waals surface area contributed by atoms with Gasteiger partial charge in [0.2, 0.25) is 0 Å². The molecule has 4 heteroatoms. The maximum atomic E-state index is 12.0. The zero-order valence-corrected chi connectivity index (χ0v) is 12.0. The molecule has 0 aliphatic carbocycles. The molecule has 1 heterocycles. The Hall–Kier alpha value is -2.10. The Kier molecular flexibility index (Phi) is 4.93. The third-order valence-electron chi connectivity index (χ3n) is 3.55. The van der Waals surface area contributed by atoms with Gasteiger partial charge in [-0.2, -0.15) is 5.10 Å². The van der Waals surface area contributed by atoms with Gasteiger partial charge in [-0.1, -0.05) is 43.7 Å². The van der Waals surface area contributed by atoms with Crippen molar-refractivity contribution in [3.63, 3.8) is 0 Å². The van der Waals surface area contributed by atoms with Crippen molar-refractivity contribution in [1.29, 1.82) is 0 Å². The molecule has 2 aromatic rings. The molecule has 0 radical (unpaired) electrons. The van der Waals surface area contributed by atoms with Crippen molar-refractivity contribution < 1.29 is 4.79 Å². The molecule has 1 atom stereocenters. The van der Waals surface area contributed by atoms with Crippen molar-refractivity contribution in [2.75, 3.05) is 6.54 Å². The van der Waals surface area contributed by atoms with Crippen LogP contribution in [0.4, 0.5) is 0 Å². The van der Waals surface area contributed by atoms with E-state index in [2.05, 4.69) is 41.6 Å². The highest BCUT2D eigenvalue weighted by Crippen LogP contribution is 2.11. The van der Waals surface area contributed by atoms with Crippen LogP contribution in [0, 0.1) is 5.92 Å². The van der Waals surface area contributed by atoms with Crippen LogP contribution in [-0.4, -0.2) is 22.2 Å². The highest BCUT2D eigenvalue weighted by molar-refractivity contribution is 5.92. The molecule has 1 amide bonds. The van der Waals surface area contributed by atoms with Crippen molar-refractivity contribution in [2.45, 2.75) is 19.8 Å². The van der Waals surface area contributed by atoms with Gasteiger partial charge in [-0.05, 0) is 24.0 Å². The summed E-state index contributed by atoms with van der Waals surface area (Å²) < 4.78 is 1.59. The summed E-state index contributed by atoms with van der Waals surface area (Å²) in [7, 11) is 1.77. The molecule has 2 rings (SSSR count). The van der Waals surface area contributed by atoms with Crippen LogP contribution >= 0.6 is 0 Å².